The van der Waals surface area contributed by atoms with E-state index in [1.54, 1.807) is 13.2 Å². The third-order valence-corrected chi connectivity index (χ3v) is 2.94. The van der Waals surface area contributed by atoms with Gasteiger partial charge in [0.15, 0.2) is 0 Å². The Morgan fingerprint density at radius 2 is 2.33 bits per heavy atom. The molecule has 1 atom stereocenters. The van der Waals surface area contributed by atoms with Gasteiger partial charge in [0.05, 0.1) is 12.1 Å². The lowest BCUT2D eigenvalue weighted by Crippen LogP contribution is -2.43. The Morgan fingerprint density at radius 1 is 1.53 bits per heavy atom. The number of ether oxygens (including phenoxy) is 1. The van der Waals surface area contributed by atoms with Crippen LogP contribution in [0.5, 0.6) is 0 Å². The second-order valence-corrected chi connectivity index (χ2v) is 4.38. The molecule has 0 amide bonds. The summed E-state index contributed by atoms with van der Waals surface area (Å²) in [5.41, 5.74) is 1.63. The maximum atomic E-state index is 13.4. The Balaban J connectivity index is 2.27. The van der Waals surface area contributed by atoms with Crippen molar-refractivity contribution in [1.29, 1.82) is 0 Å². The van der Waals surface area contributed by atoms with Gasteiger partial charge in [-0.3, -0.25) is 0 Å². The van der Waals surface area contributed by atoms with Crippen molar-refractivity contribution in [2.24, 2.45) is 0 Å². The van der Waals surface area contributed by atoms with Gasteiger partial charge in [-0.05, 0) is 31.9 Å². The summed E-state index contributed by atoms with van der Waals surface area (Å²) in [6.07, 6.45) is 1.67. The summed E-state index contributed by atoms with van der Waals surface area (Å²) < 4.78 is 18.6. The number of hydrogen-bond acceptors (Lipinski definition) is 2. The van der Waals surface area contributed by atoms with Crippen molar-refractivity contribution < 1.29 is 9.13 Å². The molecule has 0 bridgehead atoms. The topological polar surface area (TPSA) is 21.3 Å². The van der Waals surface area contributed by atoms with E-state index in [0.29, 0.717) is 6.61 Å². The number of hydrogen-bond donors (Lipinski definition) is 1. The standard InChI is InChI=1S/C12H16FNO/c1-12(8-15-2)7-6-9-10(13)4-3-5-11(9)14-12/h3-5,14H,6-8H2,1-2H3. The summed E-state index contributed by atoms with van der Waals surface area (Å²) in [7, 11) is 1.69. The Hall–Kier alpha value is -1.09. The average Bonchev–Trinajstić information content (AvgIpc) is 2.17. The van der Waals surface area contributed by atoms with E-state index in [9.17, 15) is 4.39 Å². The quantitative estimate of drug-likeness (QED) is 0.808. The zero-order valence-corrected chi connectivity index (χ0v) is 9.14. The fourth-order valence-corrected chi connectivity index (χ4v) is 2.15. The lowest BCUT2D eigenvalue weighted by molar-refractivity contribution is 0.144. The first kappa shape index (κ1) is 10.4. The molecule has 1 aromatic carbocycles. The number of fused-ring (bicyclic) bond motifs is 1. The van der Waals surface area contributed by atoms with E-state index in [0.717, 1.165) is 24.1 Å². The van der Waals surface area contributed by atoms with Crippen molar-refractivity contribution in [1.82, 2.24) is 0 Å². The molecule has 0 spiro atoms. The van der Waals surface area contributed by atoms with Gasteiger partial charge in [0.25, 0.3) is 0 Å². The van der Waals surface area contributed by atoms with Crippen LogP contribution in [0, 0.1) is 5.82 Å². The first-order chi connectivity index (χ1) is 7.14. The Morgan fingerprint density at radius 3 is 3.07 bits per heavy atom. The molecule has 1 aliphatic heterocycles. The maximum Gasteiger partial charge on any atom is 0.128 e. The summed E-state index contributed by atoms with van der Waals surface area (Å²) in [6.45, 7) is 2.74. The van der Waals surface area contributed by atoms with E-state index < -0.39 is 0 Å². The fraction of sp³-hybridized carbons (Fsp3) is 0.500. The molecule has 1 aromatic rings. The van der Waals surface area contributed by atoms with Crippen LogP contribution in [0.3, 0.4) is 0 Å². The molecule has 2 rings (SSSR count). The van der Waals surface area contributed by atoms with Crippen LogP contribution in [-0.2, 0) is 11.2 Å². The van der Waals surface area contributed by atoms with Crippen molar-refractivity contribution in [2.45, 2.75) is 25.3 Å². The lowest BCUT2D eigenvalue weighted by atomic mass is 9.88. The summed E-state index contributed by atoms with van der Waals surface area (Å²) in [4.78, 5) is 0. The number of anilines is 1. The van der Waals surface area contributed by atoms with Gasteiger partial charge in [-0.2, -0.15) is 0 Å². The van der Waals surface area contributed by atoms with E-state index in [2.05, 4.69) is 12.2 Å². The van der Waals surface area contributed by atoms with E-state index in [1.165, 1.54) is 6.07 Å². The molecule has 2 nitrogen and oxygen atoms in total. The highest BCUT2D eigenvalue weighted by atomic mass is 19.1. The molecule has 0 fully saturated rings. The van der Waals surface area contributed by atoms with Gasteiger partial charge in [0.1, 0.15) is 5.82 Å². The summed E-state index contributed by atoms with van der Waals surface area (Å²) in [6, 6.07) is 5.17. The molecular weight excluding hydrogens is 193 g/mol. The van der Waals surface area contributed by atoms with Crippen molar-refractivity contribution in [2.75, 3.05) is 19.0 Å². The van der Waals surface area contributed by atoms with Crippen molar-refractivity contribution in [3.63, 3.8) is 0 Å². The van der Waals surface area contributed by atoms with Crippen molar-refractivity contribution in [3.05, 3.63) is 29.6 Å². The van der Waals surface area contributed by atoms with E-state index in [1.807, 2.05) is 6.07 Å². The fourth-order valence-electron chi connectivity index (χ4n) is 2.15. The van der Waals surface area contributed by atoms with Gasteiger partial charge in [0.2, 0.25) is 0 Å². The molecule has 0 aromatic heterocycles. The number of rotatable bonds is 2. The predicted molar refractivity (Wildman–Crippen MR) is 58.6 cm³/mol. The predicted octanol–water partition coefficient (Wildman–Crippen LogP) is 2.59. The normalized spacial score (nSPS) is 24.5. The van der Waals surface area contributed by atoms with Gasteiger partial charge in [-0.25, -0.2) is 4.39 Å². The molecule has 15 heavy (non-hydrogen) atoms. The molecule has 0 aliphatic carbocycles. The first-order valence-electron chi connectivity index (χ1n) is 5.19. The van der Waals surface area contributed by atoms with Crippen LogP contribution >= 0.6 is 0 Å². The molecular formula is C12H16FNO. The minimum Gasteiger partial charge on any atom is -0.382 e. The van der Waals surface area contributed by atoms with Gasteiger partial charge >= 0.3 is 0 Å². The minimum absolute atomic E-state index is 0.0739. The van der Waals surface area contributed by atoms with Crippen LogP contribution in [0.1, 0.15) is 18.9 Å². The van der Waals surface area contributed by atoms with E-state index in [-0.39, 0.29) is 11.4 Å². The highest BCUT2D eigenvalue weighted by molar-refractivity contribution is 5.55. The monoisotopic (exact) mass is 209 g/mol. The second-order valence-electron chi connectivity index (χ2n) is 4.38. The molecule has 1 N–H and O–H groups in total. The molecule has 0 saturated heterocycles. The third kappa shape index (κ3) is 1.97. The van der Waals surface area contributed by atoms with Gasteiger partial charge in [0, 0.05) is 18.4 Å². The van der Waals surface area contributed by atoms with Crippen LogP contribution in [-0.4, -0.2) is 19.3 Å². The summed E-state index contributed by atoms with van der Waals surface area (Å²) in [5.74, 6) is -0.112. The van der Waals surface area contributed by atoms with Crippen LogP contribution in [0.25, 0.3) is 0 Å². The molecule has 1 unspecified atom stereocenters. The smallest absolute Gasteiger partial charge is 0.128 e. The molecule has 1 heterocycles. The first-order valence-corrected chi connectivity index (χ1v) is 5.19. The van der Waals surface area contributed by atoms with Crippen LogP contribution < -0.4 is 5.32 Å². The van der Waals surface area contributed by atoms with E-state index in [4.69, 9.17) is 4.74 Å². The van der Waals surface area contributed by atoms with Gasteiger partial charge in [-0.15, -0.1) is 0 Å². The molecule has 82 valence electrons. The Kier molecular flexibility index (Phi) is 2.65. The van der Waals surface area contributed by atoms with Gasteiger partial charge < -0.3 is 10.1 Å². The SMILES string of the molecule is COCC1(C)CCc2c(F)cccc2N1. The van der Waals surface area contributed by atoms with Crippen LogP contribution in [0.2, 0.25) is 0 Å². The summed E-state index contributed by atoms with van der Waals surface area (Å²) in [5, 5.41) is 3.35. The highest BCUT2D eigenvalue weighted by Crippen LogP contribution is 2.32. The molecule has 0 saturated carbocycles. The van der Waals surface area contributed by atoms with Crippen molar-refractivity contribution >= 4 is 5.69 Å². The van der Waals surface area contributed by atoms with E-state index >= 15 is 0 Å². The molecule has 1 aliphatic rings. The summed E-state index contributed by atoms with van der Waals surface area (Å²) >= 11 is 0. The number of nitrogens with one attached hydrogen (secondary N) is 1. The average molecular weight is 209 g/mol. The third-order valence-electron chi connectivity index (χ3n) is 2.94. The second kappa shape index (κ2) is 3.81. The van der Waals surface area contributed by atoms with Crippen LogP contribution in [0.4, 0.5) is 10.1 Å². The zero-order valence-electron chi connectivity index (χ0n) is 9.14. The van der Waals surface area contributed by atoms with Crippen molar-refractivity contribution in [3.8, 4) is 0 Å². The molecule has 3 heteroatoms. The van der Waals surface area contributed by atoms with Crippen LogP contribution in [0.15, 0.2) is 18.2 Å². The number of methoxy groups -OCH3 is 1. The Labute approximate surface area is 89.4 Å². The zero-order chi connectivity index (χ0) is 10.9. The van der Waals surface area contributed by atoms with Gasteiger partial charge in [-0.1, -0.05) is 6.07 Å². The maximum absolute atomic E-state index is 13.4. The number of halogens is 1. The lowest BCUT2D eigenvalue weighted by Gasteiger charge is -2.36. The minimum atomic E-state index is -0.112. The number of benzene rings is 1. The molecule has 0 radical (unpaired) electrons. The largest absolute Gasteiger partial charge is 0.382 e. The Bertz CT molecular complexity index is 367. The highest BCUT2D eigenvalue weighted by Gasteiger charge is 2.30.